The summed E-state index contributed by atoms with van der Waals surface area (Å²) in [7, 11) is 0. The van der Waals surface area contributed by atoms with E-state index < -0.39 is 0 Å². The number of imidazole rings is 1. The van der Waals surface area contributed by atoms with Crippen LogP contribution in [0.15, 0.2) is 55.1 Å². The summed E-state index contributed by atoms with van der Waals surface area (Å²) < 4.78 is 15.3. The van der Waals surface area contributed by atoms with Gasteiger partial charge in [-0.25, -0.2) is 9.37 Å². The second-order valence-corrected chi connectivity index (χ2v) is 4.59. The number of benzene rings is 2. The molecule has 0 fully saturated rings. The second-order valence-electron chi connectivity index (χ2n) is 4.59. The normalized spacial score (nSPS) is 10.8. The summed E-state index contributed by atoms with van der Waals surface area (Å²) in [6.07, 6.45) is 1.79. The van der Waals surface area contributed by atoms with Crippen molar-refractivity contribution in [2.24, 2.45) is 0 Å². The van der Waals surface area contributed by atoms with Crippen molar-refractivity contribution in [2.75, 3.05) is 5.73 Å². The highest BCUT2D eigenvalue weighted by atomic mass is 19.1. The van der Waals surface area contributed by atoms with Crippen molar-refractivity contribution in [1.29, 1.82) is 0 Å². The lowest BCUT2D eigenvalue weighted by molar-refractivity contribution is 0.629. The van der Waals surface area contributed by atoms with Crippen LogP contribution in [0.25, 0.3) is 22.4 Å². The van der Waals surface area contributed by atoms with Gasteiger partial charge in [0.25, 0.3) is 0 Å². The van der Waals surface area contributed by atoms with E-state index in [1.54, 1.807) is 12.1 Å². The Morgan fingerprint density at radius 2 is 2.10 bits per heavy atom. The van der Waals surface area contributed by atoms with Gasteiger partial charge < -0.3 is 10.3 Å². The molecule has 4 heteroatoms. The van der Waals surface area contributed by atoms with Crippen LogP contribution in [0.5, 0.6) is 0 Å². The molecule has 3 nitrogen and oxygen atoms in total. The fourth-order valence-electron chi connectivity index (χ4n) is 2.31. The van der Waals surface area contributed by atoms with Gasteiger partial charge in [-0.2, -0.15) is 0 Å². The molecule has 3 rings (SSSR count). The number of nitrogens with zero attached hydrogens (tertiary/aromatic N) is 2. The number of halogens is 1. The number of aromatic nitrogens is 2. The molecule has 0 aliphatic heterocycles. The zero-order chi connectivity index (χ0) is 14.1. The maximum Gasteiger partial charge on any atom is 0.141 e. The molecular weight excluding hydrogens is 253 g/mol. The van der Waals surface area contributed by atoms with Crippen LogP contribution < -0.4 is 5.73 Å². The molecule has 0 radical (unpaired) electrons. The number of fused-ring (bicyclic) bond motifs is 1. The highest BCUT2D eigenvalue weighted by Gasteiger charge is 2.12. The van der Waals surface area contributed by atoms with Gasteiger partial charge in [-0.3, -0.25) is 0 Å². The number of nitrogens with two attached hydrogens (primary N) is 1. The van der Waals surface area contributed by atoms with Gasteiger partial charge in [0.2, 0.25) is 0 Å². The fraction of sp³-hybridized carbons (Fsp3) is 0.0625. The molecule has 0 atom stereocenters. The van der Waals surface area contributed by atoms with Gasteiger partial charge in [0.05, 0.1) is 11.0 Å². The van der Waals surface area contributed by atoms with Crippen molar-refractivity contribution < 1.29 is 4.39 Å². The van der Waals surface area contributed by atoms with Crippen molar-refractivity contribution in [2.45, 2.75) is 6.54 Å². The Hall–Kier alpha value is -2.62. The zero-order valence-corrected chi connectivity index (χ0v) is 10.9. The molecule has 3 aromatic rings. The van der Waals surface area contributed by atoms with Crippen molar-refractivity contribution in [1.82, 2.24) is 9.55 Å². The predicted octanol–water partition coefficient (Wildman–Crippen LogP) is 3.61. The zero-order valence-electron chi connectivity index (χ0n) is 10.9. The third-order valence-corrected chi connectivity index (χ3v) is 3.17. The number of rotatable bonds is 3. The van der Waals surface area contributed by atoms with Gasteiger partial charge >= 0.3 is 0 Å². The van der Waals surface area contributed by atoms with Gasteiger partial charge in [0.15, 0.2) is 0 Å². The minimum atomic E-state index is -0.292. The van der Waals surface area contributed by atoms with E-state index in [1.807, 2.05) is 28.8 Å². The highest BCUT2D eigenvalue weighted by molar-refractivity contribution is 5.81. The Labute approximate surface area is 116 Å². The first kappa shape index (κ1) is 12.4. The first-order valence-electron chi connectivity index (χ1n) is 6.31. The quantitative estimate of drug-likeness (QED) is 0.582. The number of hydrogen-bond donors (Lipinski definition) is 1. The summed E-state index contributed by atoms with van der Waals surface area (Å²) >= 11 is 0. The first-order chi connectivity index (χ1) is 9.69. The van der Waals surface area contributed by atoms with Crippen molar-refractivity contribution in [3.63, 3.8) is 0 Å². The summed E-state index contributed by atoms with van der Waals surface area (Å²) in [6, 6.07) is 12.1. The van der Waals surface area contributed by atoms with Gasteiger partial charge in [-0.15, -0.1) is 6.58 Å². The SMILES string of the molecule is C=CCn1c(-c2cccc(N)c2)nc2cc(F)ccc21. The molecule has 20 heavy (non-hydrogen) atoms. The van der Waals surface area contributed by atoms with Gasteiger partial charge in [-0.05, 0) is 24.3 Å². The molecule has 1 heterocycles. The van der Waals surface area contributed by atoms with E-state index in [2.05, 4.69) is 11.6 Å². The average Bonchev–Trinajstić information content (AvgIpc) is 2.77. The van der Waals surface area contributed by atoms with Crippen LogP contribution in [0, 0.1) is 5.82 Å². The van der Waals surface area contributed by atoms with E-state index in [4.69, 9.17) is 5.73 Å². The third-order valence-electron chi connectivity index (χ3n) is 3.17. The number of allylic oxidation sites excluding steroid dienone is 1. The fourth-order valence-corrected chi connectivity index (χ4v) is 2.31. The number of nitrogen functional groups attached to an aromatic ring is 1. The second kappa shape index (κ2) is 4.81. The van der Waals surface area contributed by atoms with Gasteiger partial charge in [0.1, 0.15) is 11.6 Å². The molecule has 0 saturated heterocycles. The highest BCUT2D eigenvalue weighted by Crippen LogP contribution is 2.26. The third kappa shape index (κ3) is 2.05. The summed E-state index contributed by atoms with van der Waals surface area (Å²) in [5.74, 6) is 0.470. The van der Waals surface area contributed by atoms with E-state index in [0.29, 0.717) is 17.7 Å². The molecule has 0 aliphatic carbocycles. The van der Waals surface area contributed by atoms with Gasteiger partial charge in [0, 0.05) is 23.9 Å². The smallest absolute Gasteiger partial charge is 0.141 e. The summed E-state index contributed by atoms with van der Waals surface area (Å²) in [5, 5.41) is 0. The monoisotopic (exact) mass is 267 g/mol. The predicted molar refractivity (Wildman–Crippen MR) is 79.7 cm³/mol. The standard InChI is InChI=1S/C16H14FN3/c1-2-8-20-15-7-6-12(17)10-14(15)19-16(20)11-4-3-5-13(18)9-11/h2-7,9-10H,1,8,18H2. The Kier molecular flexibility index (Phi) is 2.99. The van der Waals surface area contributed by atoms with Crippen molar-refractivity contribution in [3.05, 3.63) is 60.9 Å². The Morgan fingerprint density at radius 1 is 1.25 bits per heavy atom. The van der Waals surface area contributed by atoms with Crippen LogP contribution in [-0.4, -0.2) is 9.55 Å². The number of hydrogen-bond acceptors (Lipinski definition) is 2. The molecule has 0 spiro atoms. The maximum atomic E-state index is 13.3. The average molecular weight is 267 g/mol. The van der Waals surface area contributed by atoms with E-state index in [9.17, 15) is 4.39 Å². The van der Waals surface area contributed by atoms with Crippen LogP contribution in [0.1, 0.15) is 0 Å². The van der Waals surface area contributed by atoms with Crippen LogP contribution >= 0.6 is 0 Å². The molecule has 2 N–H and O–H groups in total. The lowest BCUT2D eigenvalue weighted by Crippen LogP contribution is -1.98. The van der Waals surface area contributed by atoms with Crippen LogP contribution in [-0.2, 0) is 6.54 Å². The summed E-state index contributed by atoms with van der Waals surface area (Å²) in [6.45, 7) is 4.37. The van der Waals surface area contributed by atoms with Crippen molar-refractivity contribution in [3.8, 4) is 11.4 Å². The minimum Gasteiger partial charge on any atom is -0.399 e. The lowest BCUT2D eigenvalue weighted by atomic mass is 10.2. The Balaban J connectivity index is 2.28. The Morgan fingerprint density at radius 3 is 2.85 bits per heavy atom. The van der Waals surface area contributed by atoms with E-state index in [1.165, 1.54) is 12.1 Å². The molecular formula is C16H14FN3. The van der Waals surface area contributed by atoms with Crippen LogP contribution in [0.3, 0.4) is 0 Å². The molecule has 0 saturated carbocycles. The molecule has 0 unspecified atom stereocenters. The van der Waals surface area contributed by atoms with E-state index in [0.717, 1.165) is 16.9 Å². The molecule has 0 aliphatic rings. The largest absolute Gasteiger partial charge is 0.399 e. The van der Waals surface area contributed by atoms with E-state index >= 15 is 0 Å². The molecule has 2 aromatic carbocycles. The first-order valence-corrected chi connectivity index (χ1v) is 6.31. The molecule has 100 valence electrons. The van der Waals surface area contributed by atoms with Crippen LogP contribution in [0.4, 0.5) is 10.1 Å². The topological polar surface area (TPSA) is 43.8 Å². The summed E-state index contributed by atoms with van der Waals surface area (Å²) in [4.78, 5) is 4.52. The Bertz CT molecular complexity index is 790. The minimum absolute atomic E-state index is 0.292. The van der Waals surface area contributed by atoms with E-state index in [-0.39, 0.29) is 5.82 Å². The molecule has 1 aromatic heterocycles. The van der Waals surface area contributed by atoms with Crippen LogP contribution in [0.2, 0.25) is 0 Å². The van der Waals surface area contributed by atoms with Crippen molar-refractivity contribution >= 4 is 16.7 Å². The lowest BCUT2D eigenvalue weighted by Gasteiger charge is -2.07. The van der Waals surface area contributed by atoms with Gasteiger partial charge in [-0.1, -0.05) is 18.2 Å². The number of anilines is 1. The maximum absolute atomic E-state index is 13.3. The molecule has 0 amide bonds. The molecule has 0 bridgehead atoms. The summed E-state index contributed by atoms with van der Waals surface area (Å²) in [5.41, 5.74) is 8.91.